The van der Waals surface area contributed by atoms with Gasteiger partial charge < -0.3 is 10.6 Å². The summed E-state index contributed by atoms with van der Waals surface area (Å²) in [6.07, 6.45) is 0. The molecule has 2 rings (SSSR count). The maximum atomic E-state index is 11.5. The number of hydrogen-bond acceptors (Lipinski definition) is 2. The van der Waals surface area contributed by atoms with Gasteiger partial charge in [-0.3, -0.25) is 4.79 Å². The van der Waals surface area contributed by atoms with E-state index in [9.17, 15) is 4.79 Å². The molecule has 0 radical (unpaired) electrons. The Bertz CT molecular complexity index is 626. The zero-order valence-electron chi connectivity index (χ0n) is 11.5. The number of halogens is 1. The van der Waals surface area contributed by atoms with E-state index < -0.39 is 0 Å². The maximum Gasteiger partial charge on any atom is 0.251 e. The van der Waals surface area contributed by atoms with Crippen molar-refractivity contribution in [2.75, 3.05) is 12.4 Å². The summed E-state index contributed by atoms with van der Waals surface area (Å²) in [7, 11) is 1.63. The summed E-state index contributed by atoms with van der Waals surface area (Å²) in [6.45, 7) is 2.67. The zero-order chi connectivity index (χ0) is 14.5. The molecule has 4 heteroatoms. The second-order valence-electron chi connectivity index (χ2n) is 4.59. The van der Waals surface area contributed by atoms with Crippen molar-refractivity contribution in [1.82, 2.24) is 5.32 Å². The van der Waals surface area contributed by atoms with Gasteiger partial charge >= 0.3 is 0 Å². The quantitative estimate of drug-likeness (QED) is 0.902. The number of amides is 1. The summed E-state index contributed by atoms with van der Waals surface area (Å²) in [5, 5.41) is 6.70. The fourth-order valence-corrected chi connectivity index (χ4v) is 2.20. The Morgan fingerprint density at radius 2 is 2.00 bits per heavy atom. The van der Waals surface area contributed by atoms with Gasteiger partial charge in [-0.05, 0) is 48.4 Å². The lowest BCUT2D eigenvalue weighted by Gasteiger charge is -2.11. The highest BCUT2D eigenvalue weighted by Gasteiger charge is 2.05. The van der Waals surface area contributed by atoms with Crippen molar-refractivity contribution in [1.29, 1.82) is 0 Å². The lowest BCUT2D eigenvalue weighted by Crippen LogP contribution is -2.17. The molecular weight excluding hydrogens is 272 g/mol. The van der Waals surface area contributed by atoms with Crippen LogP contribution in [0.15, 0.2) is 42.5 Å². The lowest BCUT2D eigenvalue weighted by atomic mass is 10.1. The molecule has 0 spiro atoms. The van der Waals surface area contributed by atoms with Crippen LogP contribution in [0.1, 0.15) is 21.5 Å². The highest BCUT2D eigenvalue weighted by Crippen LogP contribution is 2.18. The molecule has 0 saturated heterocycles. The third-order valence-electron chi connectivity index (χ3n) is 3.09. The average Bonchev–Trinajstić information content (AvgIpc) is 2.45. The molecule has 0 aliphatic heterocycles. The molecule has 1 amide bonds. The first kappa shape index (κ1) is 14.4. The van der Waals surface area contributed by atoms with E-state index in [0.717, 1.165) is 21.8 Å². The van der Waals surface area contributed by atoms with Crippen LogP contribution in [0, 0.1) is 6.92 Å². The topological polar surface area (TPSA) is 41.1 Å². The number of anilines is 1. The molecule has 2 aromatic rings. The van der Waals surface area contributed by atoms with Crippen molar-refractivity contribution >= 4 is 23.2 Å². The molecule has 20 heavy (non-hydrogen) atoms. The second kappa shape index (κ2) is 6.44. The van der Waals surface area contributed by atoms with Crippen molar-refractivity contribution in [3.63, 3.8) is 0 Å². The number of hydrogen-bond donors (Lipinski definition) is 2. The first-order chi connectivity index (χ1) is 9.60. The van der Waals surface area contributed by atoms with Crippen LogP contribution in [-0.2, 0) is 6.54 Å². The van der Waals surface area contributed by atoms with Crippen LogP contribution in [0.4, 0.5) is 5.69 Å². The van der Waals surface area contributed by atoms with E-state index in [2.05, 4.69) is 10.6 Å². The Labute approximate surface area is 124 Å². The molecule has 2 N–H and O–H groups in total. The predicted octanol–water partition coefficient (Wildman–Crippen LogP) is 3.62. The second-order valence-corrected chi connectivity index (χ2v) is 5.03. The molecule has 2 aromatic carbocycles. The van der Waals surface area contributed by atoms with Gasteiger partial charge in [0.15, 0.2) is 0 Å². The Morgan fingerprint density at radius 1 is 1.20 bits per heavy atom. The molecule has 0 aliphatic rings. The smallest absolute Gasteiger partial charge is 0.251 e. The van der Waals surface area contributed by atoms with Gasteiger partial charge in [0.1, 0.15) is 0 Å². The number of carbonyl (C=O) groups is 1. The van der Waals surface area contributed by atoms with Gasteiger partial charge in [0, 0.05) is 29.9 Å². The van der Waals surface area contributed by atoms with E-state index in [0.29, 0.717) is 12.1 Å². The fourth-order valence-electron chi connectivity index (χ4n) is 1.99. The standard InChI is InChI=1S/C16H17ClN2O/c1-11-8-13(16(20)18-2)6-7-15(11)19-10-12-4-3-5-14(17)9-12/h3-9,19H,10H2,1-2H3,(H,18,20). The van der Waals surface area contributed by atoms with Crippen LogP contribution in [0.25, 0.3) is 0 Å². The average molecular weight is 289 g/mol. The highest BCUT2D eigenvalue weighted by atomic mass is 35.5. The Hall–Kier alpha value is -2.00. The summed E-state index contributed by atoms with van der Waals surface area (Å²) < 4.78 is 0. The van der Waals surface area contributed by atoms with Crippen molar-refractivity contribution < 1.29 is 4.79 Å². The van der Waals surface area contributed by atoms with E-state index >= 15 is 0 Å². The van der Waals surface area contributed by atoms with Crippen molar-refractivity contribution in [2.24, 2.45) is 0 Å². The minimum atomic E-state index is -0.0745. The molecule has 0 saturated carbocycles. The first-order valence-corrected chi connectivity index (χ1v) is 6.79. The Kier molecular flexibility index (Phi) is 4.64. The van der Waals surface area contributed by atoms with Gasteiger partial charge in [-0.15, -0.1) is 0 Å². The molecule has 0 fully saturated rings. The van der Waals surface area contributed by atoms with Crippen molar-refractivity contribution in [3.8, 4) is 0 Å². The largest absolute Gasteiger partial charge is 0.381 e. The summed E-state index contributed by atoms with van der Waals surface area (Å²) >= 11 is 5.96. The van der Waals surface area contributed by atoms with Gasteiger partial charge in [-0.1, -0.05) is 23.7 Å². The minimum absolute atomic E-state index is 0.0745. The molecule has 0 atom stereocenters. The monoisotopic (exact) mass is 288 g/mol. The molecule has 3 nitrogen and oxygen atoms in total. The number of carbonyl (C=O) groups excluding carboxylic acids is 1. The number of rotatable bonds is 4. The number of nitrogens with one attached hydrogen (secondary N) is 2. The van der Waals surface area contributed by atoms with Gasteiger partial charge in [0.25, 0.3) is 5.91 Å². The summed E-state index contributed by atoms with van der Waals surface area (Å²) in [6, 6.07) is 13.3. The van der Waals surface area contributed by atoms with E-state index in [1.54, 1.807) is 7.05 Å². The van der Waals surface area contributed by atoms with Crippen LogP contribution in [-0.4, -0.2) is 13.0 Å². The first-order valence-electron chi connectivity index (χ1n) is 6.41. The fraction of sp³-hybridized carbons (Fsp3) is 0.188. The van der Waals surface area contributed by atoms with Crippen LogP contribution >= 0.6 is 11.6 Å². The van der Waals surface area contributed by atoms with E-state index in [1.165, 1.54) is 0 Å². The van der Waals surface area contributed by atoms with Gasteiger partial charge in [0.2, 0.25) is 0 Å². The maximum absolute atomic E-state index is 11.5. The normalized spacial score (nSPS) is 10.2. The number of benzene rings is 2. The van der Waals surface area contributed by atoms with Crippen LogP contribution in [0.3, 0.4) is 0 Å². The SMILES string of the molecule is CNC(=O)c1ccc(NCc2cccc(Cl)c2)c(C)c1. The van der Waals surface area contributed by atoms with Crippen LogP contribution < -0.4 is 10.6 Å². The van der Waals surface area contributed by atoms with Gasteiger partial charge in [-0.2, -0.15) is 0 Å². The third kappa shape index (κ3) is 3.52. The Morgan fingerprint density at radius 3 is 2.65 bits per heavy atom. The van der Waals surface area contributed by atoms with Gasteiger partial charge in [-0.25, -0.2) is 0 Å². The van der Waals surface area contributed by atoms with Crippen LogP contribution in [0.5, 0.6) is 0 Å². The molecule has 104 valence electrons. The molecule has 0 unspecified atom stereocenters. The third-order valence-corrected chi connectivity index (χ3v) is 3.32. The molecule has 0 bridgehead atoms. The van der Waals surface area contributed by atoms with Crippen LogP contribution in [0.2, 0.25) is 5.02 Å². The zero-order valence-corrected chi connectivity index (χ0v) is 12.3. The molecule has 0 aliphatic carbocycles. The van der Waals surface area contributed by atoms with E-state index in [4.69, 9.17) is 11.6 Å². The van der Waals surface area contributed by atoms with Crippen molar-refractivity contribution in [2.45, 2.75) is 13.5 Å². The summed E-state index contributed by atoms with van der Waals surface area (Å²) in [4.78, 5) is 11.5. The molecule has 0 aromatic heterocycles. The highest BCUT2D eigenvalue weighted by molar-refractivity contribution is 6.30. The lowest BCUT2D eigenvalue weighted by molar-refractivity contribution is 0.0963. The molecule has 0 heterocycles. The predicted molar refractivity (Wildman–Crippen MR) is 83.3 cm³/mol. The van der Waals surface area contributed by atoms with E-state index in [1.807, 2.05) is 49.4 Å². The van der Waals surface area contributed by atoms with Crippen molar-refractivity contribution in [3.05, 3.63) is 64.2 Å². The summed E-state index contributed by atoms with van der Waals surface area (Å²) in [5.74, 6) is -0.0745. The molecular formula is C16H17ClN2O. The number of aryl methyl sites for hydroxylation is 1. The van der Waals surface area contributed by atoms with Gasteiger partial charge in [0.05, 0.1) is 0 Å². The minimum Gasteiger partial charge on any atom is -0.381 e. The summed E-state index contributed by atoms with van der Waals surface area (Å²) in [5.41, 5.74) is 3.83. The Balaban J connectivity index is 2.08. The van der Waals surface area contributed by atoms with E-state index in [-0.39, 0.29) is 5.91 Å².